The third-order valence-corrected chi connectivity index (χ3v) is 2.98. The predicted molar refractivity (Wildman–Crippen MR) is 76.3 cm³/mol. The molecule has 0 bridgehead atoms. The number of nitrogens with two attached hydrogens (primary N) is 1. The Balaban J connectivity index is 2.60. The third-order valence-electron chi connectivity index (χ3n) is 2.79. The van der Waals surface area contributed by atoms with Gasteiger partial charge in [-0.15, -0.1) is 0 Å². The molecule has 0 aliphatic heterocycles. The van der Waals surface area contributed by atoms with E-state index >= 15 is 0 Å². The minimum Gasteiger partial charge on any atom is -0.385 e. The Kier molecular flexibility index (Phi) is 5.57. The van der Waals surface area contributed by atoms with E-state index in [0.717, 1.165) is 6.42 Å². The molecule has 0 saturated carbocycles. The number of halogens is 1. The molecule has 0 aliphatic carbocycles. The van der Waals surface area contributed by atoms with Gasteiger partial charge in [0.25, 0.3) is 5.91 Å². The van der Waals surface area contributed by atoms with Crippen LogP contribution in [0.25, 0.3) is 0 Å². The van der Waals surface area contributed by atoms with E-state index in [9.17, 15) is 4.79 Å². The lowest BCUT2D eigenvalue weighted by molar-refractivity contribution is 0.0921. The van der Waals surface area contributed by atoms with Crippen molar-refractivity contribution < 1.29 is 9.53 Å². The maximum atomic E-state index is 12.0. The highest BCUT2D eigenvalue weighted by Crippen LogP contribution is 2.19. The fraction of sp³-hybridized carbons (Fsp3) is 0.538. The van der Waals surface area contributed by atoms with Crippen LogP contribution in [0.4, 0.5) is 5.82 Å². The number of hydrogen-bond acceptors (Lipinski definition) is 4. The highest BCUT2D eigenvalue weighted by atomic mass is 35.5. The summed E-state index contributed by atoms with van der Waals surface area (Å²) in [5.74, 6) is 0.0257. The topological polar surface area (TPSA) is 77.2 Å². The third kappa shape index (κ3) is 5.44. The van der Waals surface area contributed by atoms with Gasteiger partial charge in [0.1, 0.15) is 11.0 Å². The summed E-state index contributed by atoms with van der Waals surface area (Å²) < 4.78 is 5.05. The number of carbonyl (C=O) groups is 1. The number of aromatic nitrogens is 1. The number of ether oxygens (including phenoxy) is 1. The van der Waals surface area contributed by atoms with Gasteiger partial charge in [-0.2, -0.15) is 0 Å². The van der Waals surface area contributed by atoms with Crippen molar-refractivity contribution in [2.75, 3.05) is 26.0 Å². The van der Waals surface area contributed by atoms with Crippen molar-refractivity contribution in [1.29, 1.82) is 0 Å². The van der Waals surface area contributed by atoms with Crippen molar-refractivity contribution in [3.8, 4) is 0 Å². The Hall–Kier alpha value is -1.33. The normalized spacial score (nSPS) is 11.4. The van der Waals surface area contributed by atoms with Gasteiger partial charge in [-0.3, -0.25) is 4.79 Å². The lowest BCUT2D eigenvalue weighted by Gasteiger charge is -2.24. The fourth-order valence-corrected chi connectivity index (χ4v) is 1.75. The summed E-state index contributed by atoms with van der Waals surface area (Å²) in [7, 11) is 1.66. The molecule has 1 aromatic heterocycles. The van der Waals surface area contributed by atoms with Crippen molar-refractivity contribution in [2.24, 2.45) is 5.41 Å². The number of methoxy groups -OCH3 is 1. The van der Waals surface area contributed by atoms with Crippen LogP contribution in [0.2, 0.25) is 5.15 Å². The SMILES string of the molecule is COCCC(C)(C)CNC(=O)c1cc(N)nc(Cl)c1. The maximum absolute atomic E-state index is 12.0. The van der Waals surface area contributed by atoms with Crippen molar-refractivity contribution in [1.82, 2.24) is 10.3 Å². The lowest BCUT2D eigenvalue weighted by atomic mass is 9.89. The van der Waals surface area contributed by atoms with Gasteiger partial charge in [-0.25, -0.2) is 4.98 Å². The summed E-state index contributed by atoms with van der Waals surface area (Å²) >= 11 is 5.77. The van der Waals surface area contributed by atoms with E-state index in [1.165, 1.54) is 12.1 Å². The van der Waals surface area contributed by atoms with E-state index in [-0.39, 0.29) is 22.3 Å². The summed E-state index contributed by atoms with van der Waals surface area (Å²) in [5, 5.41) is 3.08. The number of anilines is 1. The first kappa shape index (κ1) is 15.7. The zero-order chi connectivity index (χ0) is 14.5. The molecule has 0 atom stereocenters. The second-order valence-electron chi connectivity index (χ2n) is 5.19. The van der Waals surface area contributed by atoms with Crippen molar-refractivity contribution >= 4 is 23.3 Å². The number of nitrogens with zero attached hydrogens (tertiary/aromatic N) is 1. The van der Waals surface area contributed by atoms with Gasteiger partial charge < -0.3 is 15.8 Å². The predicted octanol–water partition coefficient (Wildman–Crippen LogP) is 2.11. The molecule has 0 aromatic carbocycles. The molecular formula is C13H20ClN3O2. The van der Waals surface area contributed by atoms with E-state index in [4.69, 9.17) is 22.1 Å². The number of nitrogen functional groups attached to an aromatic ring is 1. The lowest BCUT2D eigenvalue weighted by Crippen LogP contribution is -2.34. The zero-order valence-electron chi connectivity index (χ0n) is 11.5. The van der Waals surface area contributed by atoms with E-state index in [1.54, 1.807) is 7.11 Å². The molecule has 3 N–H and O–H groups in total. The van der Waals surface area contributed by atoms with Gasteiger partial charge >= 0.3 is 0 Å². The molecule has 6 heteroatoms. The Morgan fingerprint density at radius 3 is 2.79 bits per heavy atom. The zero-order valence-corrected chi connectivity index (χ0v) is 12.3. The first-order chi connectivity index (χ1) is 8.84. The fourth-order valence-electron chi connectivity index (χ4n) is 1.54. The largest absolute Gasteiger partial charge is 0.385 e. The van der Waals surface area contributed by atoms with E-state index in [1.807, 2.05) is 0 Å². The van der Waals surface area contributed by atoms with Crippen molar-refractivity contribution in [3.05, 3.63) is 22.8 Å². The van der Waals surface area contributed by atoms with Crippen LogP contribution in [0.15, 0.2) is 12.1 Å². The molecule has 5 nitrogen and oxygen atoms in total. The van der Waals surface area contributed by atoms with E-state index < -0.39 is 0 Å². The molecule has 0 saturated heterocycles. The number of pyridine rings is 1. The molecule has 1 amide bonds. The molecular weight excluding hydrogens is 266 g/mol. The van der Waals surface area contributed by atoms with Crippen LogP contribution in [0.5, 0.6) is 0 Å². The average molecular weight is 286 g/mol. The molecule has 0 aliphatic rings. The van der Waals surface area contributed by atoms with Gasteiger partial charge in [-0.1, -0.05) is 25.4 Å². The van der Waals surface area contributed by atoms with Crippen molar-refractivity contribution in [3.63, 3.8) is 0 Å². The molecule has 1 aromatic rings. The number of carbonyl (C=O) groups excluding carboxylic acids is 1. The summed E-state index contributed by atoms with van der Waals surface area (Å²) in [6.07, 6.45) is 0.864. The smallest absolute Gasteiger partial charge is 0.251 e. The molecule has 19 heavy (non-hydrogen) atoms. The molecule has 1 heterocycles. The Labute approximate surface area is 118 Å². The standard InChI is InChI=1S/C13H20ClN3O2/c1-13(2,4-5-19-3)8-16-12(18)9-6-10(14)17-11(15)7-9/h6-7H,4-5,8H2,1-3H3,(H2,15,17)(H,16,18). The van der Waals surface area contributed by atoms with Gasteiger partial charge in [0, 0.05) is 25.8 Å². The van der Waals surface area contributed by atoms with Crippen LogP contribution >= 0.6 is 11.6 Å². The van der Waals surface area contributed by atoms with Gasteiger partial charge in [0.15, 0.2) is 0 Å². The quantitative estimate of drug-likeness (QED) is 0.785. The monoisotopic (exact) mass is 285 g/mol. The second-order valence-corrected chi connectivity index (χ2v) is 5.58. The molecule has 0 fully saturated rings. The minimum absolute atomic E-state index is 0.0337. The van der Waals surface area contributed by atoms with Gasteiger partial charge in [-0.05, 0) is 24.0 Å². The summed E-state index contributed by atoms with van der Waals surface area (Å²) in [4.78, 5) is 15.8. The summed E-state index contributed by atoms with van der Waals surface area (Å²) in [6, 6.07) is 3.00. The molecule has 0 radical (unpaired) electrons. The van der Waals surface area contributed by atoms with E-state index in [0.29, 0.717) is 18.7 Å². The second kappa shape index (κ2) is 6.73. The summed E-state index contributed by atoms with van der Waals surface area (Å²) in [6.45, 7) is 5.35. The maximum Gasteiger partial charge on any atom is 0.251 e. The van der Waals surface area contributed by atoms with Crippen LogP contribution in [0.3, 0.4) is 0 Å². The minimum atomic E-state index is -0.207. The Bertz CT molecular complexity index is 429. The van der Waals surface area contributed by atoms with Gasteiger partial charge in [0.05, 0.1) is 0 Å². The van der Waals surface area contributed by atoms with Crippen molar-refractivity contribution in [2.45, 2.75) is 20.3 Å². The molecule has 0 unspecified atom stereocenters. The Morgan fingerprint density at radius 1 is 1.53 bits per heavy atom. The first-order valence-electron chi connectivity index (χ1n) is 6.04. The van der Waals surface area contributed by atoms with E-state index in [2.05, 4.69) is 24.1 Å². The molecule has 0 spiro atoms. The number of amides is 1. The number of rotatable bonds is 6. The average Bonchev–Trinajstić information content (AvgIpc) is 2.32. The van der Waals surface area contributed by atoms with Crippen LogP contribution in [-0.4, -0.2) is 31.2 Å². The highest BCUT2D eigenvalue weighted by Gasteiger charge is 2.19. The van der Waals surface area contributed by atoms with Crippen LogP contribution in [0, 0.1) is 5.41 Å². The number of hydrogen-bond donors (Lipinski definition) is 2. The Morgan fingerprint density at radius 2 is 2.21 bits per heavy atom. The highest BCUT2D eigenvalue weighted by molar-refractivity contribution is 6.29. The van der Waals surface area contributed by atoms with Gasteiger partial charge in [0.2, 0.25) is 0 Å². The van der Waals surface area contributed by atoms with Crippen LogP contribution in [-0.2, 0) is 4.74 Å². The molecule has 1 rings (SSSR count). The van der Waals surface area contributed by atoms with Crippen LogP contribution < -0.4 is 11.1 Å². The molecule has 106 valence electrons. The summed E-state index contributed by atoms with van der Waals surface area (Å²) in [5.41, 5.74) is 5.94. The first-order valence-corrected chi connectivity index (χ1v) is 6.42. The number of nitrogens with one attached hydrogen (secondary N) is 1. The van der Waals surface area contributed by atoms with Crippen LogP contribution in [0.1, 0.15) is 30.6 Å².